The highest BCUT2D eigenvalue weighted by Crippen LogP contribution is 2.30. The maximum absolute atomic E-state index is 13.7. The van der Waals surface area contributed by atoms with Gasteiger partial charge in [0.05, 0.1) is 17.0 Å². The number of nitrogens with zero attached hydrogens (tertiary/aromatic N) is 2. The molecular formula is C13H7BrF4N2O3. The summed E-state index contributed by atoms with van der Waals surface area (Å²) in [5.41, 5.74) is -3.30. The molecule has 2 rings (SSSR count). The Morgan fingerprint density at radius 3 is 2.48 bits per heavy atom. The first-order chi connectivity index (χ1) is 10.6. The Labute approximate surface area is 134 Å². The van der Waals surface area contributed by atoms with E-state index in [0.29, 0.717) is 18.2 Å². The van der Waals surface area contributed by atoms with Crippen LogP contribution in [0.3, 0.4) is 0 Å². The summed E-state index contributed by atoms with van der Waals surface area (Å²) in [4.78, 5) is 21.8. The molecule has 5 nitrogen and oxygen atoms in total. The third kappa shape index (κ3) is 3.76. The lowest BCUT2D eigenvalue weighted by atomic mass is 10.1. The van der Waals surface area contributed by atoms with Crippen molar-refractivity contribution in [2.24, 2.45) is 0 Å². The third-order valence-corrected chi connectivity index (χ3v) is 3.38. The maximum Gasteiger partial charge on any atom is 0.416 e. The quantitative estimate of drug-likeness (QED) is 0.452. The van der Waals surface area contributed by atoms with E-state index in [1.807, 2.05) is 0 Å². The van der Waals surface area contributed by atoms with E-state index in [-0.39, 0.29) is 4.47 Å². The molecule has 0 amide bonds. The fourth-order valence-electron chi connectivity index (χ4n) is 1.89. The first kappa shape index (κ1) is 17.1. The molecule has 0 saturated heterocycles. The minimum Gasteiger partial charge on any atom is -0.304 e. The topological polar surface area (TPSA) is 65.1 Å². The number of rotatable bonds is 3. The first-order valence-electron chi connectivity index (χ1n) is 5.99. The van der Waals surface area contributed by atoms with Gasteiger partial charge in [-0.3, -0.25) is 14.9 Å². The van der Waals surface area contributed by atoms with Gasteiger partial charge in [-0.1, -0.05) is 0 Å². The molecule has 1 heterocycles. The van der Waals surface area contributed by atoms with Crippen molar-refractivity contribution in [3.8, 4) is 0 Å². The van der Waals surface area contributed by atoms with Crippen LogP contribution in [0.25, 0.3) is 0 Å². The second-order valence-corrected chi connectivity index (χ2v) is 5.45. The molecule has 0 N–H and O–H groups in total. The number of nitro groups is 1. The van der Waals surface area contributed by atoms with Crippen LogP contribution in [0, 0.1) is 15.9 Å². The van der Waals surface area contributed by atoms with Crippen LogP contribution in [0.2, 0.25) is 0 Å². The largest absolute Gasteiger partial charge is 0.416 e. The predicted molar refractivity (Wildman–Crippen MR) is 75.6 cm³/mol. The molecule has 10 heteroatoms. The Balaban J connectivity index is 2.52. The van der Waals surface area contributed by atoms with E-state index in [1.54, 1.807) is 0 Å². The maximum atomic E-state index is 13.7. The molecule has 0 bridgehead atoms. The number of pyridine rings is 1. The molecule has 1 aromatic carbocycles. The van der Waals surface area contributed by atoms with E-state index < -0.39 is 45.8 Å². The summed E-state index contributed by atoms with van der Waals surface area (Å²) in [6, 6.07) is 2.73. The second-order valence-electron chi connectivity index (χ2n) is 4.54. The lowest BCUT2D eigenvalue weighted by molar-refractivity contribution is -0.386. The molecule has 0 spiro atoms. The minimum absolute atomic E-state index is 0.163. The zero-order chi connectivity index (χ0) is 17.4. The molecule has 0 aliphatic carbocycles. The van der Waals surface area contributed by atoms with Crippen LogP contribution < -0.4 is 5.56 Å². The van der Waals surface area contributed by atoms with E-state index in [0.717, 1.165) is 16.8 Å². The highest BCUT2D eigenvalue weighted by Gasteiger charge is 2.31. The average molecular weight is 395 g/mol. The SMILES string of the molecule is O=c1c([N+](=O)[O-])cc(Br)cn1Cc1cc(C(F)(F)F)ccc1F. The number of hydrogen-bond donors (Lipinski definition) is 0. The van der Waals surface area contributed by atoms with Crippen molar-refractivity contribution >= 4 is 21.6 Å². The van der Waals surface area contributed by atoms with Gasteiger partial charge in [-0.05, 0) is 34.1 Å². The van der Waals surface area contributed by atoms with Crippen molar-refractivity contribution in [2.45, 2.75) is 12.7 Å². The molecule has 0 saturated carbocycles. The van der Waals surface area contributed by atoms with Gasteiger partial charge in [0.1, 0.15) is 5.82 Å². The van der Waals surface area contributed by atoms with Crippen molar-refractivity contribution < 1.29 is 22.5 Å². The number of aromatic nitrogens is 1. The molecule has 0 radical (unpaired) electrons. The molecule has 0 aliphatic heterocycles. The Hall–Kier alpha value is -2.23. The third-order valence-electron chi connectivity index (χ3n) is 2.94. The van der Waals surface area contributed by atoms with Crippen LogP contribution in [0.1, 0.15) is 11.1 Å². The summed E-state index contributed by atoms with van der Waals surface area (Å²) >= 11 is 2.96. The van der Waals surface area contributed by atoms with E-state index in [1.165, 1.54) is 0 Å². The summed E-state index contributed by atoms with van der Waals surface area (Å²) in [7, 11) is 0. The summed E-state index contributed by atoms with van der Waals surface area (Å²) in [6.45, 7) is -0.575. The molecule has 2 aromatic rings. The summed E-state index contributed by atoms with van der Waals surface area (Å²) in [6.07, 6.45) is -3.54. The zero-order valence-electron chi connectivity index (χ0n) is 11.1. The highest BCUT2D eigenvalue weighted by molar-refractivity contribution is 9.10. The van der Waals surface area contributed by atoms with Crippen molar-refractivity contribution in [1.82, 2.24) is 4.57 Å². The molecule has 0 atom stereocenters. The van der Waals surface area contributed by atoms with Crippen LogP contribution in [-0.2, 0) is 12.7 Å². The minimum atomic E-state index is -4.67. The van der Waals surface area contributed by atoms with Crippen LogP contribution in [0.4, 0.5) is 23.2 Å². The Morgan fingerprint density at radius 2 is 1.91 bits per heavy atom. The number of alkyl halides is 3. The smallest absolute Gasteiger partial charge is 0.304 e. The molecular weight excluding hydrogens is 388 g/mol. The molecule has 0 fully saturated rings. The van der Waals surface area contributed by atoms with Gasteiger partial charge in [0.2, 0.25) is 0 Å². The Morgan fingerprint density at radius 1 is 1.26 bits per heavy atom. The summed E-state index contributed by atoms with van der Waals surface area (Å²) in [5, 5.41) is 10.8. The fraction of sp³-hybridized carbons (Fsp3) is 0.154. The monoisotopic (exact) mass is 394 g/mol. The van der Waals surface area contributed by atoms with Gasteiger partial charge >= 0.3 is 17.4 Å². The van der Waals surface area contributed by atoms with Gasteiger partial charge in [0.15, 0.2) is 0 Å². The average Bonchev–Trinajstić information content (AvgIpc) is 2.43. The normalized spacial score (nSPS) is 11.5. The van der Waals surface area contributed by atoms with Crippen molar-refractivity contribution in [3.63, 3.8) is 0 Å². The van der Waals surface area contributed by atoms with E-state index in [9.17, 15) is 32.5 Å². The predicted octanol–water partition coefficient (Wildman–Crippen LogP) is 3.73. The number of hydrogen-bond acceptors (Lipinski definition) is 3. The lowest BCUT2D eigenvalue weighted by Gasteiger charge is -2.11. The van der Waals surface area contributed by atoms with Gasteiger partial charge in [-0.15, -0.1) is 0 Å². The zero-order valence-corrected chi connectivity index (χ0v) is 12.7. The standard InChI is InChI=1S/C13H7BrF4N2O3/c14-9-4-11(20(22)23)12(21)19(6-9)5-7-3-8(13(16,17)18)1-2-10(7)15/h1-4,6H,5H2. The molecule has 23 heavy (non-hydrogen) atoms. The van der Waals surface area contributed by atoms with E-state index >= 15 is 0 Å². The highest BCUT2D eigenvalue weighted by atomic mass is 79.9. The van der Waals surface area contributed by atoms with Gasteiger partial charge in [0, 0.05) is 22.3 Å². The van der Waals surface area contributed by atoms with Crippen molar-refractivity contribution in [1.29, 1.82) is 0 Å². The summed E-state index contributed by atoms with van der Waals surface area (Å²) in [5.74, 6) is -0.951. The van der Waals surface area contributed by atoms with Crippen LogP contribution in [0.5, 0.6) is 0 Å². The first-order valence-corrected chi connectivity index (χ1v) is 6.79. The van der Waals surface area contributed by atoms with Gasteiger partial charge in [-0.2, -0.15) is 13.2 Å². The molecule has 0 unspecified atom stereocenters. The molecule has 1 aromatic heterocycles. The van der Waals surface area contributed by atoms with Gasteiger partial charge in [-0.25, -0.2) is 4.39 Å². The molecule has 122 valence electrons. The molecule has 0 aliphatic rings. The van der Waals surface area contributed by atoms with Crippen LogP contribution in [0.15, 0.2) is 39.7 Å². The van der Waals surface area contributed by atoms with Gasteiger partial charge < -0.3 is 4.57 Å². The van der Waals surface area contributed by atoms with E-state index in [4.69, 9.17) is 0 Å². The van der Waals surface area contributed by atoms with Crippen molar-refractivity contribution in [3.05, 3.63) is 72.3 Å². The lowest BCUT2D eigenvalue weighted by Crippen LogP contribution is -2.23. The van der Waals surface area contributed by atoms with Crippen LogP contribution in [-0.4, -0.2) is 9.49 Å². The number of benzene rings is 1. The van der Waals surface area contributed by atoms with Crippen LogP contribution >= 0.6 is 15.9 Å². The van der Waals surface area contributed by atoms with Crippen molar-refractivity contribution in [2.75, 3.05) is 0 Å². The number of halogens is 5. The Kier molecular flexibility index (Phi) is 4.55. The van der Waals surface area contributed by atoms with Gasteiger partial charge in [0.25, 0.3) is 0 Å². The second kappa shape index (κ2) is 6.11. The Bertz CT molecular complexity index is 833. The van der Waals surface area contributed by atoms with E-state index in [2.05, 4.69) is 15.9 Å². The fourth-order valence-corrected chi connectivity index (χ4v) is 2.35. The summed E-state index contributed by atoms with van der Waals surface area (Å²) < 4.78 is 52.6.